The molecule has 0 aromatic carbocycles. The van der Waals surface area contributed by atoms with E-state index in [4.69, 9.17) is 10.5 Å². The normalized spacial score (nSPS) is 8.88. The molecule has 0 radical (unpaired) electrons. The molecule has 0 saturated heterocycles. The molecule has 0 heterocycles. The minimum Gasteiger partial charge on any atom is -0.379 e. The summed E-state index contributed by atoms with van der Waals surface area (Å²) in [4.78, 5) is 12.7. The van der Waals surface area contributed by atoms with Crippen LogP contribution in [0.3, 0.4) is 0 Å². The average molecular weight is 230 g/mol. The lowest BCUT2D eigenvalue weighted by atomic mass is 10.3. The van der Waals surface area contributed by atoms with Crippen LogP contribution in [-0.2, 0) is 4.79 Å². The molecule has 0 rings (SSSR count). The van der Waals surface area contributed by atoms with Gasteiger partial charge >= 0.3 is 0 Å². The van der Waals surface area contributed by atoms with Crippen LogP contribution >= 0.6 is 0 Å². The Labute approximate surface area is 101 Å². The van der Waals surface area contributed by atoms with Crippen molar-refractivity contribution >= 4 is 5.91 Å². The van der Waals surface area contributed by atoms with Crippen LogP contribution < -0.4 is 5.32 Å². The molecule has 1 amide bonds. The molecule has 0 bridgehead atoms. The second-order valence-electron chi connectivity index (χ2n) is 3.12. The van der Waals surface area contributed by atoms with Crippen molar-refractivity contribution in [1.82, 2.24) is 10.2 Å². The van der Waals surface area contributed by atoms with E-state index in [0.29, 0.717) is 13.1 Å². The van der Waals surface area contributed by atoms with Crippen LogP contribution in [0.4, 0.5) is 0 Å². The number of hydrogen-bond acceptors (Lipinski definition) is 4. The first kappa shape index (κ1) is 14.5. The van der Waals surface area contributed by atoms with Crippen molar-refractivity contribution in [3.8, 4) is 12.1 Å². The molecule has 0 atom stereocenters. The van der Waals surface area contributed by atoms with Crippen molar-refractivity contribution in [3.63, 3.8) is 0 Å². The third-order valence-corrected chi connectivity index (χ3v) is 1.79. The van der Waals surface area contributed by atoms with Gasteiger partial charge < -0.3 is 10.2 Å². The van der Waals surface area contributed by atoms with Crippen LogP contribution in [0.1, 0.15) is 0 Å². The molecule has 1 N–H and O–H groups in total. The Balaban J connectivity index is 3.99. The fourth-order valence-corrected chi connectivity index (χ4v) is 0.888. The van der Waals surface area contributed by atoms with Gasteiger partial charge in [-0.2, -0.15) is 10.5 Å². The van der Waals surface area contributed by atoms with Crippen molar-refractivity contribution in [3.05, 3.63) is 36.6 Å². The summed E-state index contributed by atoms with van der Waals surface area (Å²) < 4.78 is 0. The molecule has 0 aliphatic rings. The maximum absolute atomic E-state index is 10.8. The Bertz CT molecular complexity index is 393. The molecule has 0 aromatic rings. The maximum atomic E-state index is 10.8. The quantitative estimate of drug-likeness (QED) is 0.414. The van der Waals surface area contributed by atoms with E-state index >= 15 is 0 Å². The number of hydrogen-bond donors (Lipinski definition) is 1. The molecule has 5 nitrogen and oxygen atoms in total. The maximum Gasteiger partial charge on any atom is 0.243 e. The van der Waals surface area contributed by atoms with Gasteiger partial charge in [0.1, 0.15) is 17.7 Å². The molecule has 0 aliphatic heterocycles. The van der Waals surface area contributed by atoms with Gasteiger partial charge in [-0.25, -0.2) is 0 Å². The summed E-state index contributed by atoms with van der Waals surface area (Å²) in [6, 6.07) is 3.51. The Hall–Kier alpha value is -2.53. The first-order valence-electron chi connectivity index (χ1n) is 4.93. The first-order chi connectivity index (χ1) is 8.13. The highest BCUT2D eigenvalue weighted by molar-refractivity contribution is 5.86. The van der Waals surface area contributed by atoms with Crippen LogP contribution in [0.15, 0.2) is 36.6 Å². The topological polar surface area (TPSA) is 79.9 Å². The van der Waals surface area contributed by atoms with Gasteiger partial charge in [0.15, 0.2) is 0 Å². The molecule has 0 spiro atoms. The van der Waals surface area contributed by atoms with Gasteiger partial charge in [-0.1, -0.05) is 6.58 Å². The van der Waals surface area contributed by atoms with E-state index in [0.717, 1.165) is 0 Å². The van der Waals surface area contributed by atoms with Crippen molar-refractivity contribution in [2.45, 2.75) is 0 Å². The van der Waals surface area contributed by atoms with E-state index in [9.17, 15) is 4.79 Å². The van der Waals surface area contributed by atoms with Crippen molar-refractivity contribution in [2.24, 2.45) is 0 Å². The molecule has 5 heteroatoms. The van der Waals surface area contributed by atoms with Crippen molar-refractivity contribution in [1.29, 1.82) is 10.5 Å². The van der Waals surface area contributed by atoms with E-state index in [1.165, 1.54) is 12.2 Å². The van der Waals surface area contributed by atoms with Gasteiger partial charge in [0, 0.05) is 20.1 Å². The van der Waals surface area contributed by atoms with Gasteiger partial charge in [0.2, 0.25) is 5.91 Å². The molecule has 17 heavy (non-hydrogen) atoms. The second-order valence-corrected chi connectivity index (χ2v) is 3.12. The number of rotatable bonds is 6. The zero-order chi connectivity index (χ0) is 13.1. The number of nitrogens with one attached hydrogen (secondary N) is 1. The van der Waals surface area contributed by atoms with Crippen LogP contribution in [0.25, 0.3) is 0 Å². The summed E-state index contributed by atoms with van der Waals surface area (Å²) in [7, 11) is 1.82. The van der Waals surface area contributed by atoms with Crippen LogP contribution in [0, 0.1) is 22.7 Å². The number of nitriles is 2. The Morgan fingerprint density at radius 1 is 1.47 bits per heavy atom. The minimum atomic E-state index is -0.210. The third kappa shape index (κ3) is 7.40. The number of nitrogens with zero attached hydrogens (tertiary/aromatic N) is 3. The number of carbonyl (C=O) groups excluding carboxylic acids is 1. The summed E-state index contributed by atoms with van der Waals surface area (Å²) >= 11 is 0. The highest BCUT2D eigenvalue weighted by Crippen LogP contribution is 1.91. The highest BCUT2D eigenvalue weighted by Gasteiger charge is 1.94. The average Bonchev–Trinajstić information content (AvgIpc) is 2.34. The molecule has 0 unspecified atom stereocenters. The predicted molar refractivity (Wildman–Crippen MR) is 64.3 cm³/mol. The Morgan fingerprint density at radius 3 is 2.65 bits per heavy atom. The first-order valence-corrected chi connectivity index (χ1v) is 4.93. The number of allylic oxidation sites excluding steroid dienone is 3. The minimum absolute atomic E-state index is 0.0506. The van der Waals surface area contributed by atoms with Gasteiger partial charge in [-0.15, -0.1) is 0 Å². The Morgan fingerprint density at radius 2 is 2.12 bits per heavy atom. The summed E-state index contributed by atoms with van der Waals surface area (Å²) in [6.45, 7) is 4.46. The molecular formula is C12H14N4O. The molecular weight excluding hydrogens is 216 g/mol. The lowest BCUT2D eigenvalue weighted by Crippen LogP contribution is -2.29. The van der Waals surface area contributed by atoms with Gasteiger partial charge in [0.05, 0.1) is 0 Å². The molecule has 0 saturated carbocycles. The van der Waals surface area contributed by atoms with E-state index in [1.807, 2.05) is 11.9 Å². The summed E-state index contributed by atoms with van der Waals surface area (Å²) in [5, 5.41) is 19.6. The number of carbonyl (C=O) groups is 1. The molecule has 0 aromatic heterocycles. The lowest BCUT2D eigenvalue weighted by molar-refractivity contribution is -0.116. The van der Waals surface area contributed by atoms with E-state index in [1.54, 1.807) is 24.4 Å². The van der Waals surface area contributed by atoms with Gasteiger partial charge in [0.25, 0.3) is 0 Å². The van der Waals surface area contributed by atoms with Crippen molar-refractivity contribution in [2.75, 3.05) is 20.1 Å². The highest BCUT2D eigenvalue weighted by atomic mass is 16.1. The van der Waals surface area contributed by atoms with E-state index < -0.39 is 0 Å². The lowest BCUT2D eigenvalue weighted by Gasteiger charge is -2.13. The van der Waals surface area contributed by atoms with Crippen molar-refractivity contribution < 1.29 is 4.79 Å². The Kier molecular flexibility index (Phi) is 7.45. The monoisotopic (exact) mass is 230 g/mol. The fourth-order valence-electron chi connectivity index (χ4n) is 0.888. The van der Waals surface area contributed by atoms with Crippen LogP contribution in [0.5, 0.6) is 0 Å². The summed E-state index contributed by atoms with van der Waals surface area (Å²) in [5.74, 6) is -0.210. The molecule has 0 fully saturated rings. The van der Waals surface area contributed by atoms with Crippen LogP contribution in [-0.4, -0.2) is 30.9 Å². The van der Waals surface area contributed by atoms with E-state index in [-0.39, 0.29) is 11.5 Å². The number of amides is 1. The zero-order valence-electron chi connectivity index (χ0n) is 9.68. The smallest absolute Gasteiger partial charge is 0.243 e. The van der Waals surface area contributed by atoms with Gasteiger partial charge in [-0.3, -0.25) is 4.79 Å². The standard InChI is InChI=1S/C12H14N4O/c1-3-12(17)15-6-8-16(2)7-4-5-11(9-13)10-14/h3-5,7H,1,6,8H2,2H3,(H,15,17)/b7-4+. The molecule has 88 valence electrons. The zero-order valence-corrected chi connectivity index (χ0v) is 9.68. The van der Waals surface area contributed by atoms with E-state index in [2.05, 4.69) is 11.9 Å². The van der Waals surface area contributed by atoms with Gasteiger partial charge in [-0.05, 0) is 24.4 Å². The fraction of sp³-hybridized carbons (Fsp3) is 0.250. The van der Waals surface area contributed by atoms with Crippen LogP contribution in [0.2, 0.25) is 0 Å². The predicted octanol–water partition coefficient (Wildman–Crippen LogP) is 0.708. The number of likely N-dealkylation sites (N-methyl/N-ethyl adjacent to an activating group) is 1. The summed E-state index contributed by atoms with van der Waals surface area (Å²) in [5.41, 5.74) is 0.0506. The largest absolute Gasteiger partial charge is 0.379 e. The third-order valence-electron chi connectivity index (χ3n) is 1.79. The summed E-state index contributed by atoms with van der Waals surface area (Å²) in [6.07, 6.45) is 5.97. The second kappa shape index (κ2) is 8.75. The molecule has 0 aliphatic carbocycles. The SMILES string of the molecule is C=CC(=O)NCCN(C)/C=C/C=C(C#N)C#N.